The molecule has 1 heterocycles. The molecule has 8 aromatic rings. The summed E-state index contributed by atoms with van der Waals surface area (Å²) in [5.41, 5.74) is 10.9. The summed E-state index contributed by atoms with van der Waals surface area (Å²) in [6, 6.07) is 53.2. The Morgan fingerprint density at radius 1 is 0.349 bits per heavy atom. The van der Waals surface area contributed by atoms with E-state index >= 15 is 0 Å². The van der Waals surface area contributed by atoms with Gasteiger partial charge in [0.25, 0.3) is 0 Å². The zero-order valence-electron chi connectivity index (χ0n) is 24.0. The molecule has 0 spiro atoms. The predicted molar refractivity (Wildman–Crippen MR) is 183 cm³/mol. The lowest BCUT2D eigenvalue weighted by molar-refractivity contribution is 1.27. The van der Waals surface area contributed by atoms with E-state index in [2.05, 4.69) is 158 Å². The van der Waals surface area contributed by atoms with Gasteiger partial charge in [-0.2, -0.15) is 0 Å². The van der Waals surface area contributed by atoms with E-state index in [0.29, 0.717) is 0 Å². The first-order valence-corrected chi connectivity index (χ1v) is 14.8. The average molecular weight is 548 g/mol. The van der Waals surface area contributed by atoms with Crippen LogP contribution in [-0.2, 0) is 0 Å². The zero-order chi connectivity index (χ0) is 28.8. The van der Waals surface area contributed by atoms with Crippen molar-refractivity contribution in [2.45, 2.75) is 6.92 Å². The highest BCUT2D eigenvalue weighted by atomic mass is 14.6. The van der Waals surface area contributed by atoms with Crippen LogP contribution in [0, 0.1) is 6.92 Å². The van der Waals surface area contributed by atoms with Crippen molar-refractivity contribution >= 4 is 32.3 Å². The lowest BCUT2D eigenvalue weighted by atomic mass is 9.85. The summed E-state index contributed by atoms with van der Waals surface area (Å²) in [6.07, 6.45) is 3.82. The molecule has 0 saturated heterocycles. The second kappa shape index (κ2) is 10.4. The van der Waals surface area contributed by atoms with E-state index in [1.807, 2.05) is 12.4 Å². The van der Waals surface area contributed by atoms with Gasteiger partial charge in [0, 0.05) is 18.0 Å². The number of benzene rings is 7. The Bertz CT molecular complexity index is 2240. The van der Waals surface area contributed by atoms with Crippen molar-refractivity contribution in [2.24, 2.45) is 0 Å². The van der Waals surface area contributed by atoms with Crippen LogP contribution in [0.2, 0.25) is 0 Å². The van der Waals surface area contributed by atoms with Gasteiger partial charge in [-0.15, -0.1) is 0 Å². The first-order valence-electron chi connectivity index (χ1n) is 14.8. The fraction of sp³-hybridized carbons (Fsp3) is 0.0238. The largest absolute Gasteiger partial charge is 0.264 e. The first-order chi connectivity index (χ1) is 21.2. The van der Waals surface area contributed by atoms with Crippen molar-refractivity contribution in [3.8, 4) is 44.5 Å². The van der Waals surface area contributed by atoms with Crippen molar-refractivity contribution in [2.75, 3.05) is 0 Å². The predicted octanol–water partition coefficient (Wildman–Crippen LogP) is 11.5. The second-order valence-electron chi connectivity index (χ2n) is 11.3. The smallest absolute Gasteiger partial charge is 0.0346 e. The van der Waals surface area contributed by atoms with Crippen molar-refractivity contribution in [1.82, 2.24) is 4.98 Å². The maximum absolute atomic E-state index is 4.37. The first kappa shape index (κ1) is 25.2. The highest BCUT2D eigenvalue weighted by molar-refractivity contribution is 6.21. The minimum absolute atomic E-state index is 1.14. The molecular weight excluding hydrogens is 518 g/mol. The van der Waals surface area contributed by atoms with Crippen LogP contribution in [0.1, 0.15) is 5.56 Å². The lowest BCUT2D eigenvalue weighted by Gasteiger charge is -2.18. The van der Waals surface area contributed by atoms with Crippen molar-refractivity contribution in [1.29, 1.82) is 0 Å². The number of nitrogens with zero attached hydrogens (tertiary/aromatic N) is 1. The average Bonchev–Trinajstić information content (AvgIpc) is 3.07. The van der Waals surface area contributed by atoms with Crippen LogP contribution in [0.3, 0.4) is 0 Å². The van der Waals surface area contributed by atoms with Crippen molar-refractivity contribution < 1.29 is 0 Å². The van der Waals surface area contributed by atoms with Crippen molar-refractivity contribution in [3.05, 3.63) is 164 Å². The van der Waals surface area contributed by atoms with Crippen LogP contribution in [0.25, 0.3) is 76.8 Å². The van der Waals surface area contributed by atoms with E-state index in [0.717, 1.165) is 5.56 Å². The van der Waals surface area contributed by atoms with Crippen LogP contribution in [0.5, 0.6) is 0 Å². The van der Waals surface area contributed by atoms with Crippen LogP contribution >= 0.6 is 0 Å². The number of pyridine rings is 1. The maximum Gasteiger partial charge on any atom is 0.0346 e. The number of hydrogen-bond acceptors (Lipinski definition) is 1. The molecule has 8 rings (SSSR count). The van der Waals surface area contributed by atoms with E-state index in [9.17, 15) is 0 Å². The highest BCUT2D eigenvalue weighted by Gasteiger charge is 2.17. The van der Waals surface area contributed by atoms with E-state index in [1.54, 1.807) is 0 Å². The molecule has 43 heavy (non-hydrogen) atoms. The molecule has 202 valence electrons. The van der Waals surface area contributed by atoms with Gasteiger partial charge in [0.1, 0.15) is 0 Å². The number of aromatic nitrogens is 1. The molecule has 0 bridgehead atoms. The number of rotatable bonds is 4. The number of fused-ring (bicyclic) bond motifs is 3. The summed E-state index contributed by atoms with van der Waals surface area (Å²) in [6.45, 7) is 2.08. The number of aryl methyl sites for hydroxylation is 1. The third-order valence-corrected chi connectivity index (χ3v) is 8.55. The van der Waals surface area contributed by atoms with E-state index < -0.39 is 0 Å². The quantitative estimate of drug-likeness (QED) is 0.200. The monoisotopic (exact) mass is 547 g/mol. The Labute approximate surface area is 251 Å². The lowest BCUT2D eigenvalue weighted by Crippen LogP contribution is -1.91. The molecule has 0 fully saturated rings. The topological polar surface area (TPSA) is 12.9 Å². The Balaban J connectivity index is 1.30. The molecule has 0 amide bonds. The molecule has 0 saturated carbocycles. The molecule has 0 radical (unpaired) electrons. The van der Waals surface area contributed by atoms with Crippen LogP contribution in [0.4, 0.5) is 0 Å². The fourth-order valence-electron chi connectivity index (χ4n) is 6.52. The molecule has 0 aliphatic heterocycles. The molecule has 0 N–H and O–H groups in total. The number of hydrogen-bond donors (Lipinski definition) is 0. The van der Waals surface area contributed by atoms with Crippen LogP contribution < -0.4 is 0 Å². The normalized spacial score (nSPS) is 11.4. The summed E-state index contributed by atoms with van der Waals surface area (Å²) in [5, 5.41) is 7.60. The Hall–Kier alpha value is -5.53. The van der Waals surface area contributed by atoms with E-state index in [-0.39, 0.29) is 0 Å². The van der Waals surface area contributed by atoms with Gasteiger partial charge in [-0.1, -0.05) is 127 Å². The molecule has 0 aliphatic rings. The zero-order valence-corrected chi connectivity index (χ0v) is 24.0. The Morgan fingerprint density at radius 3 is 1.49 bits per heavy atom. The van der Waals surface area contributed by atoms with Gasteiger partial charge in [0.05, 0.1) is 0 Å². The molecule has 0 unspecified atom stereocenters. The van der Waals surface area contributed by atoms with Gasteiger partial charge in [0.15, 0.2) is 0 Å². The summed E-state index contributed by atoms with van der Waals surface area (Å²) >= 11 is 0. The van der Waals surface area contributed by atoms with E-state index in [1.165, 1.54) is 76.8 Å². The molecule has 1 aromatic heterocycles. The van der Waals surface area contributed by atoms with Crippen LogP contribution in [-0.4, -0.2) is 4.98 Å². The molecule has 0 atom stereocenters. The molecule has 0 aliphatic carbocycles. The van der Waals surface area contributed by atoms with Gasteiger partial charge in [-0.05, 0) is 102 Å². The minimum Gasteiger partial charge on any atom is -0.264 e. The third-order valence-electron chi connectivity index (χ3n) is 8.55. The minimum atomic E-state index is 1.14. The van der Waals surface area contributed by atoms with Gasteiger partial charge in [-0.3, -0.25) is 4.98 Å². The summed E-state index contributed by atoms with van der Waals surface area (Å²) in [5.74, 6) is 0. The Kier molecular flexibility index (Phi) is 6.09. The van der Waals surface area contributed by atoms with Crippen molar-refractivity contribution in [3.63, 3.8) is 0 Å². The molecule has 1 heteroatoms. The summed E-state index contributed by atoms with van der Waals surface area (Å²) < 4.78 is 0. The molecule has 1 nitrogen and oxygen atoms in total. The molecule has 7 aromatic carbocycles. The SMILES string of the molecule is Cc1cncc(-c2ccc(-c3cccc(-c4c5ccccc5c(-c5ccc6ccccc6c5)c5ccccc45)c3)cc2)c1. The maximum atomic E-state index is 4.37. The standard InChI is InChI=1S/C42H29N/c1-28-23-36(27-43-26-28)31-19-17-30(18-20-31)33-11-8-12-34(24-33)41-37-13-4-6-15-39(37)42(40-16-7-5-14-38(40)41)35-22-21-29-9-2-3-10-32(29)25-35/h2-27H,1H3. The fourth-order valence-corrected chi connectivity index (χ4v) is 6.52. The second-order valence-corrected chi connectivity index (χ2v) is 11.3. The van der Waals surface area contributed by atoms with Crippen LogP contribution in [0.15, 0.2) is 158 Å². The van der Waals surface area contributed by atoms with Gasteiger partial charge in [0.2, 0.25) is 0 Å². The van der Waals surface area contributed by atoms with Gasteiger partial charge in [-0.25, -0.2) is 0 Å². The van der Waals surface area contributed by atoms with Gasteiger partial charge >= 0.3 is 0 Å². The summed E-state index contributed by atoms with van der Waals surface area (Å²) in [4.78, 5) is 4.37. The van der Waals surface area contributed by atoms with E-state index in [4.69, 9.17) is 0 Å². The molecular formula is C42H29N. The van der Waals surface area contributed by atoms with Gasteiger partial charge < -0.3 is 0 Å². The summed E-state index contributed by atoms with van der Waals surface area (Å²) in [7, 11) is 0. The third kappa shape index (κ3) is 4.47. The Morgan fingerprint density at radius 2 is 0.860 bits per heavy atom. The highest BCUT2D eigenvalue weighted by Crippen LogP contribution is 2.44.